The van der Waals surface area contributed by atoms with Crippen molar-refractivity contribution in [3.8, 4) is 0 Å². The second kappa shape index (κ2) is 8.12. The van der Waals surface area contributed by atoms with Gasteiger partial charge in [0.25, 0.3) is 0 Å². The Bertz CT molecular complexity index is 1080. The predicted molar refractivity (Wildman–Crippen MR) is 110 cm³/mol. The minimum atomic E-state index is -4.51. The number of alkyl halides is 3. The van der Waals surface area contributed by atoms with Crippen LogP contribution in [0.15, 0.2) is 29.6 Å². The van der Waals surface area contributed by atoms with Gasteiger partial charge in [-0.25, -0.2) is 9.97 Å². The lowest BCUT2D eigenvalue weighted by Gasteiger charge is -2.12. The summed E-state index contributed by atoms with van der Waals surface area (Å²) >= 11 is 8.86. The lowest BCUT2D eigenvalue weighted by atomic mass is 9.97. The zero-order valence-electron chi connectivity index (χ0n) is 15.0. The SMILES string of the molecule is O=C(CSc1ncnc2sc3c(c12)CCCC3)Nc1cc(C(F)(F)F)ccc1Cl. The van der Waals surface area contributed by atoms with Crippen molar-refractivity contribution in [2.24, 2.45) is 0 Å². The molecular weight excluding hydrogens is 443 g/mol. The second-order valence-corrected chi connectivity index (χ2v) is 9.05. The quantitative estimate of drug-likeness (QED) is 0.387. The fraction of sp³-hybridized carbons (Fsp3) is 0.316. The van der Waals surface area contributed by atoms with E-state index in [1.165, 1.54) is 28.5 Å². The molecule has 0 atom stereocenters. The Hall–Kier alpha value is -1.84. The van der Waals surface area contributed by atoms with Crippen molar-refractivity contribution in [1.29, 1.82) is 0 Å². The van der Waals surface area contributed by atoms with E-state index in [-0.39, 0.29) is 16.5 Å². The zero-order chi connectivity index (χ0) is 20.6. The highest BCUT2D eigenvalue weighted by Gasteiger charge is 2.31. The number of amides is 1. The van der Waals surface area contributed by atoms with Crippen molar-refractivity contribution in [3.05, 3.63) is 45.6 Å². The molecule has 2 aromatic heterocycles. The highest BCUT2D eigenvalue weighted by Crippen LogP contribution is 2.39. The number of nitrogens with zero attached hydrogens (tertiary/aromatic N) is 2. The van der Waals surface area contributed by atoms with Crippen LogP contribution in [-0.4, -0.2) is 21.6 Å². The van der Waals surface area contributed by atoms with Gasteiger partial charge in [0.05, 0.1) is 22.0 Å². The Morgan fingerprint density at radius 2 is 2.03 bits per heavy atom. The number of thiophene rings is 1. The molecule has 29 heavy (non-hydrogen) atoms. The Morgan fingerprint density at radius 1 is 1.24 bits per heavy atom. The number of fused-ring (bicyclic) bond motifs is 3. The molecule has 3 aromatic rings. The maximum atomic E-state index is 12.9. The van der Waals surface area contributed by atoms with Crippen LogP contribution in [0, 0.1) is 0 Å². The van der Waals surface area contributed by atoms with Gasteiger partial charge < -0.3 is 5.32 Å². The van der Waals surface area contributed by atoms with Crippen LogP contribution in [0.1, 0.15) is 28.8 Å². The van der Waals surface area contributed by atoms with Crippen molar-refractivity contribution in [2.75, 3.05) is 11.1 Å². The van der Waals surface area contributed by atoms with Gasteiger partial charge in [-0.05, 0) is 49.4 Å². The number of rotatable bonds is 4. The van der Waals surface area contributed by atoms with Crippen molar-refractivity contribution in [3.63, 3.8) is 0 Å². The summed E-state index contributed by atoms with van der Waals surface area (Å²) in [6.07, 6.45) is 1.26. The van der Waals surface area contributed by atoms with Crippen molar-refractivity contribution >= 4 is 56.5 Å². The van der Waals surface area contributed by atoms with Gasteiger partial charge in [0, 0.05) is 10.3 Å². The Balaban J connectivity index is 1.50. The summed E-state index contributed by atoms with van der Waals surface area (Å²) in [6.45, 7) is 0. The molecule has 0 unspecified atom stereocenters. The minimum absolute atomic E-state index is 0.00328. The number of nitrogens with one attached hydrogen (secondary N) is 1. The van der Waals surface area contributed by atoms with Crippen LogP contribution in [0.25, 0.3) is 10.2 Å². The lowest BCUT2D eigenvalue weighted by molar-refractivity contribution is -0.137. The molecule has 152 valence electrons. The van der Waals surface area contributed by atoms with Crippen LogP contribution in [-0.2, 0) is 23.8 Å². The average molecular weight is 458 g/mol. The summed E-state index contributed by atoms with van der Waals surface area (Å²) in [5.41, 5.74) is 0.334. The maximum Gasteiger partial charge on any atom is 0.416 e. The van der Waals surface area contributed by atoms with Crippen LogP contribution >= 0.6 is 34.7 Å². The standard InChI is InChI=1S/C19H15ClF3N3OS2/c20-12-6-5-10(19(21,22)23)7-13(12)26-15(27)8-28-17-16-11-3-1-2-4-14(11)29-18(16)25-9-24-17/h5-7,9H,1-4,8H2,(H,26,27). The van der Waals surface area contributed by atoms with Crippen molar-refractivity contribution in [1.82, 2.24) is 9.97 Å². The molecule has 0 bridgehead atoms. The van der Waals surface area contributed by atoms with Gasteiger partial charge >= 0.3 is 6.18 Å². The van der Waals surface area contributed by atoms with Crippen LogP contribution in [0.3, 0.4) is 0 Å². The second-order valence-electron chi connectivity index (χ2n) is 6.60. The first-order valence-electron chi connectivity index (χ1n) is 8.87. The molecule has 1 amide bonds. The Labute approximate surface area is 177 Å². The topological polar surface area (TPSA) is 54.9 Å². The van der Waals surface area contributed by atoms with Crippen molar-refractivity contribution < 1.29 is 18.0 Å². The number of aryl methyl sites for hydroxylation is 2. The first-order valence-corrected chi connectivity index (χ1v) is 11.1. The fourth-order valence-corrected chi connectivity index (χ4v) is 5.57. The van der Waals surface area contributed by atoms with E-state index < -0.39 is 17.6 Å². The summed E-state index contributed by atoms with van der Waals surface area (Å²) in [4.78, 5) is 23.3. The summed E-state index contributed by atoms with van der Waals surface area (Å²) in [5, 5.41) is 4.24. The molecule has 0 radical (unpaired) electrons. The van der Waals surface area contributed by atoms with Gasteiger partial charge in [0.2, 0.25) is 5.91 Å². The van der Waals surface area contributed by atoms with Gasteiger partial charge in [-0.2, -0.15) is 13.2 Å². The number of hydrogen-bond donors (Lipinski definition) is 1. The van der Waals surface area contributed by atoms with E-state index in [4.69, 9.17) is 11.6 Å². The van der Waals surface area contributed by atoms with Gasteiger partial charge in [-0.1, -0.05) is 23.4 Å². The van der Waals surface area contributed by atoms with E-state index in [0.717, 1.165) is 59.1 Å². The molecule has 0 saturated carbocycles. The van der Waals surface area contributed by atoms with E-state index in [9.17, 15) is 18.0 Å². The molecule has 1 N–H and O–H groups in total. The molecule has 10 heteroatoms. The number of anilines is 1. The summed E-state index contributed by atoms with van der Waals surface area (Å²) in [6, 6.07) is 2.84. The smallest absolute Gasteiger partial charge is 0.324 e. The Morgan fingerprint density at radius 3 is 2.83 bits per heavy atom. The van der Waals surface area contributed by atoms with E-state index >= 15 is 0 Å². The Kier molecular flexibility index (Phi) is 5.72. The van der Waals surface area contributed by atoms with E-state index in [1.54, 1.807) is 11.3 Å². The highest BCUT2D eigenvalue weighted by molar-refractivity contribution is 8.00. The largest absolute Gasteiger partial charge is 0.416 e. The van der Waals surface area contributed by atoms with Gasteiger partial charge in [-0.3, -0.25) is 4.79 Å². The molecule has 1 aromatic carbocycles. The molecule has 4 rings (SSSR count). The lowest BCUT2D eigenvalue weighted by Crippen LogP contribution is -2.15. The molecule has 1 aliphatic carbocycles. The number of hydrogen-bond acceptors (Lipinski definition) is 5. The molecule has 2 heterocycles. The van der Waals surface area contributed by atoms with Crippen LogP contribution in [0.5, 0.6) is 0 Å². The van der Waals surface area contributed by atoms with E-state index in [0.29, 0.717) is 0 Å². The molecule has 1 aliphatic rings. The predicted octanol–water partition coefficient (Wildman–Crippen LogP) is 5.97. The normalized spacial score (nSPS) is 14.1. The van der Waals surface area contributed by atoms with Crippen LogP contribution in [0.4, 0.5) is 18.9 Å². The minimum Gasteiger partial charge on any atom is -0.324 e. The van der Waals surface area contributed by atoms with Gasteiger partial charge in [0.15, 0.2) is 0 Å². The number of aromatic nitrogens is 2. The average Bonchev–Trinajstić information content (AvgIpc) is 3.06. The van der Waals surface area contributed by atoms with Gasteiger partial charge in [-0.15, -0.1) is 11.3 Å². The van der Waals surface area contributed by atoms with Crippen LogP contribution < -0.4 is 5.32 Å². The van der Waals surface area contributed by atoms with E-state index in [1.807, 2.05) is 0 Å². The number of carbonyl (C=O) groups is 1. The third kappa shape index (κ3) is 4.36. The first kappa shape index (κ1) is 20.4. The molecule has 0 spiro atoms. The molecule has 0 saturated heterocycles. The molecule has 4 nitrogen and oxygen atoms in total. The molecule has 0 aliphatic heterocycles. The number of carbonyl (C=O) groups excluding carboxylic acids is 1. The zero-order valence-corrected chi connectivity index (χ0v) is 17.4. The summed E-state index contributed by atoms with van der Waals surface area (Å²) < 4.78 is 38.7. The highest BCUT2D eigenvalue weighted by atomic mass is 35.5. The molecule has 0 fully saturated rings. The number of thioether (sulfide) groups is 1. The number of benzene rings is 1. The summed E-state index contributed by atoms with van der Waals surface area (Å²) in [7, 11) is 0. The summed E-state index contributed by atoms with van der Waals surface area (Å²) in [5.74, 6) is -0.448. The van der Waals surface area contributed by atoms with Gasteiger partial charge in [0.1, 0.15) is 16.2 Å². The van der Waals surface area contributed by atoms with Crippen LogP contribution in [0.2, 0.25) is 5.02 Å². The first-order chi connectivity index (χ1) is 13.8. The molecular formula is C19H15ClF3N3OS2. The third-order valence-electron chi connectivity index (χ3n) is 4.62. The van der Waals surface area contributed by atoms with E-state index in [2.05, 4.69) is 15.3 Å². The van der Waals surface area contributed by atoms with Crippen molar-refractivity contribution in [2.45, 2.75) is 36.9 Å². The fourth-order valence-electron chi connectivity index (χ4n) is 3.29. The monoisotopic (exact) mass is 457 g/mol. The maximum absolute atomic E-state index is 12.9. The number of halogens is 4. The third-order valence-corrected chi connectivity index (χ3v) is 7.14.